The lowest BCUT2D eigenvalue weighted by Gasteiger charge is -2.15. The van der Waals surface area contributed by atoms with Gasteiger partial charge in [0, 0.05) is 41.3 Å². The fourth-order valence-corrected chi connectivity index (χ4v) is 5.42. The van der Waals surface area contributed by atoms with Gasteiger partial charge in [-0.15, -0.1) is 0 Å². The van der Waals surface area contributed by atoms with E-state index >= 15 is 0 Å². The summed E-state index contributed by atoms with van der Waals surface area (Å²) in [6.07, 6.45) is 3.87. The number of anilines is 1. The first-order valence-corrected chi connectivity index (χ1v) is 12.5. The maximum Gasteiger partial charge on any atom is 0.270 e. The number of rotatable bonds is 7. The molecule has 1 saturated heterocycles. The maximum absolute atomic E-state index is 13.3. The summed E-state index contributed by atoms with van der Waals surface area (Å²) in [5, 5.41) is 12.0. The molecule has 180 valence electrons. The van der Waals surface area contributed by atoms with E-state index in [1.165, 1.54) is 28.8 Å². The second-order valence-corrected chi connectivity index (χ2v) is 9.77. The topological polar surface area (TPSA) is 77.6 Å². The minimum Gasteiger partial charge on any atom is -0.494 e. The minimum absolute atomic E-state index is 0.0614. The molecule has 0 N–H and O–H groups in total. The monoisotopic (exact) mass is 515 g/mol. The second kappa shape index (κ2) is 9.96. The van der Waals surface area contributed by atoms with Gasteiger partial charge in [0.15, 0.2) is 4.32 Å². The molecule has 2 heterocycles. The van der Waals surface area contributed by atoms with Crippen LogP contribution in [0.1, 0.15) is 18.1 Å². The first kappa shape index (κ1) is 23.8. The first-order valence-electron chi connectivity index (χ1n) is 11.3. The molecule has 0 bridgehead atoms. The average molecular weight is 516 g/mol. The lowest BCUT2D eigenvalue weighted by Crippen LogP contribution is -2.27. The lowest BCUT2D eigenvalue weighted by molar-refractivity contribution is -0.384. The number of nitrogens with zero attached hydrogens (tertiary/aromatic N) is 3. The van der Waals surface area contributed by atoms with Crippen LogP contribution < -0.4 is 9.64 Å². The quantitative estimate of drug-likeness (QED) is 0.123. The molecule has 1 aliphatic rings. The summed E-state index contributed by atoms with van der Waals surface area (Å²) in [4.78, 5) is 26.0. The van der Waals surface area contributed by atoms with Gasteiger partial charge in [0.1, 0.15) is 5.75 Å². The van der Waals surface area contributed by atoms with Crippen molar-refractivity contribution in [3.8, 4) is 5.75 Å². The maximum atomic E-state index is 13.3. The van der Waals surface area contributed by atoms with Gasteiger partial charge in [-0.2, -0.15) is 0 Å². The van der Waals surface area contributed by atoms with Crippen LogP contribution in [0.25, 0.3) is 17.0 Å². The van der Waals surface area contributed by atoms with E-state index in [1.807, 2.05) is 67.7 Å². The summed E-state index contributed by atoms with van der Waals surface area (Å²) in [5.41, 5.74) is 3.61. The Morgan fingerprint density at radius 2 is 1.78 bits per heavy atom. The van der Waals surface area contributed by atoms with Crippen molar-refractivity contribution < 1.29 is 14.5 Å². The van der Waals surface area contributed by atoms with E-state index in [9.17, 15) is 14.9 Å². The molecule has 36 heavy (non-hydrogen) atoms. The van der Waals surface area contributed by atoms with Crippen LogP contribution in [0, 0.1) is 10.1 Å². The second-order valence-electron chi connectivity index (χ2n) is 8.10. The number of nitro benzene ring substituents is 1. The van der Waals surface area contributed by atoms with Gasteiger partial charge in [0.25, 0.3) is 11.6 Å². The highest BCUT2D eigenvalue weighted by atomic mass is 32.2. The molecule has 5 rings (SSSR count). The number of nitro groups is 1. The molecular formula is C27H21N3O4S2. The molecule has 0 atom stereocenters. The number of fused-ring (bicyclic) bond motifs is 1. The minimum atomic E-state index is -0.406. The Morgan fingerprint density at radius 1 is 1.06 bits per heavy atom. The largest absolute Gasteiger partial charge is 0.494 e. The number of carbonyl (C=O) groups is 1. The number of hydrogen-bond donors (Lipinski definition) is 0. The molecule has 0 aliphatic carbocycles. The zero-order valence-corrected chi connectivity index (χ0v) is 20.9. The number of thiocarbonyl (C=S) groups is 1. The van der Waals surface area contributed by atoms with Gasteiger partial charge in [0.2, 0.25) is 0 Å². The lowest BCUT2D eigenvalue weighted by atomic mass is 10.1. The number of hydrogen-bond acceptors (Lipinski definition) is 6. The number of benzene rings is 3. The van der Waals surface area contributed by atoms with E-state index in [-0.39, 0.29) is 11.6 Å². The molecule has 0 unspecified atom stereocenters. The molecule has 0 radical (unpaired) electrons. The number of carbonyl (C=O) groups excluding carboxylic acids is 1. The molecule has 7 nitrogen and oxygen atoms in total. The van der Waals surface area contributed by atoms with Crippen LogP contribution in [0.4, 0.5) is 11.4 Å². The zero-order valence-electron chi connectivity index (χ0n) is 19.3. The number of ether oxygens (including phenoxy) is 1. The van der Waals surface area contributed by atoms with Gasteiger partial charge in [-0.25, -0.2) is 0 Å². The van der Waals surface area contributed by atoms with Crippen LogP contribution in [0.5, 0.6) is 5.75 Å². The van der Waals surface area contributed by atoms with Crippen LogP contribution in [0.2, 0.25) is 0 Å². The normalized spacial score (nSPS) is 14.7. The Morgan fingerprint density at radius 3 is 2.47 bits per heavy atom. The van der Waals surface area contributed by atoms with Crippen LogP contribution in [-0.2, 0) is 11.3 Å². The first-order chi connectivity index (χ1) is 17.4. The average Bonchev–Trinajstić information content (AvgIpc) is 3.36. The van der Waals surface area contributed by atoms with E-state index < -0.39 is 4.92 Å². The van der Waals surface area contributed by atoms with Gasteiger partial charge >= 0.3 is 0 Å². The Kier molecular flexibility index (Phi) is 6.58. The van der Waals surface area contributed by atoms with Crippen LogP contribution in [0.3, 0.4) is 0 Å². The van der Waals surface area contributed by atoms with E-state index in [4.69, 9.17) is 17.0 Å². The molecule has 1 aliphatic heterocycles. The highest BCUT2D eigenvalue weighted by molar-refractivity contribution is 8.27. The summed E-state index contributed by atoms with van der Waals surface area (Å²) in [5.74, 6) is 0.574. The molecule has 9 heteroatoms. The Hall–Kier alpha value is -3.95. The number of non-ortho nitro benzene ring substituents is 1. The predicted octanol–water partition coefficient (Wildman–Crippen LogP) is 6.40. The summed E-state index contributed by atoms with van der Waals surface area (Å²) in [6.45, 7) is 3.03. The standard InChI is InChI=1S/C27H21N3O4S2/c1-2-34-22-13-11-20(12-14-22)29-26(31)25(36-27(29)35)15-19-17-28(24-6-4-3-5-23(19)24)16-18-7-9-21(10-8-18)30(32)33/h3-15,17H,2,16H2,1H3/b25-15-. The van der Waals surface area contributed by atoms with Crippen molar-refractivity contribution in [2.45, 2.75) is 13.5 Å². The Labute approximate surface area is 217 Å². The summed E-state index contributed by atoms with van der Waals surface area (Å²) in [7, 11) is 0. The third-order valence-corrected chi connectivity index (χ3v) is 7.11. The molecular weight excluding hydrogens is 494 g/mol. The molecule has 0 saturated carbocycles. The number of amides is 1. The zero-order chi connectivity index (χ0) is 25.2. The van der Waals surface area contributed by atoms with Gasteiger partial charge in [-0.1, -0.05) is 54.3 Å². The van der Waals surface area contributed by atoms with Crippen molar-refractivity contribution >= 4 is 62.6 Å². The number of aromatic nitrogens is 1. The molecule has 3 aromatic carbocycles. The van der Waals surface area contributed by atoms with E-state index in [2.05, 4.69) is 4.57 Å². The molecule has 1 fully saturated rings. The predicted molar refractivity (Wildman–Crippen MR) is 147 cm³/mol. The molecule has 0 spiro atoms. The van der Waals surface area contributed by atoms with Gasteiger partial charge < -0.3 is 9.30 Å². The van der Waals surface area contributed by atoms with E-state index in [0.717, 1.165) is 27.8 Å². The summed E-state index contributed by atoms with van der Waals surface area (Å²) < 4.78 is 8.05. The molecule has 1 aromatic heterocycles. The smallest absolute Gasteiger partial charge is 0.270 e. The van der Waals surface area contributed by atoms with Crippen LogP contribution in [0.15, 0.2) is 83.9 Å². The fraction of sp³-hybridized carbons (Fsp3) is 0.111. The van der Waals surface area contributed by atoms with Crippen molar-refractivity contribution in [2.24, 2.45) is 0 Å². The highest BCUT2D eigenvalue weighted by Crippen LogP contribution is 2.37. The fourth-order valence-electron chi connectivity index (χ4n) is 4.13. The number of thioether (sulfide) groups is 1. The summed E-state index contributed by atoms with van der Waals surface area (Å²) >= 11 is 6.81. The van der Waals surface area contributed by atoms with Gasteiger partial charge in [-0.3, -0.25) is 19.8 Å². The van der Waals surface area contributed by atoms with Crippen LogP contribution in [-0.4, -0.2) is 26.3 Å². The van der Waals surface area contributed by atoms with Crippen molar-refractivity contribution in [3.63, 3.8) is 0 Å². The van der Waals surface area contributed by atoms with Crippen molar-refractivity contribution in [1.29, 1.82) is 0 Å². The Balaban J connectivity index is 1.45. The van der Waals surface area contributed by atoms with Gasteiger partial charge in [0.05, 0.1) is 22.1 Å². The van der Waals surface area contributed by atoms with E-state index in [1.54, 1.807) is 12.1 Å². The van der Waals surface area contributed by atoms with Crippen molar-refractivity contribution in [2.75, 3.05) is 11.5 Å². The van der Waals surface area contributed by atoms with E-state index in [0.29, 0.717) is 28.1 Å². The van der Waals surface area contributed by atoms with Crippen molar-refractivity contribution in [1.82, 2.24) is 4.57 Å². The Bertz CT molecular complexity index is 1510. The summed E-state index contributed by atoms with van der Waals surface area (Å²) in [6, 6.07) is 21.8. The third kappa shape index (κ3) is 4.62. The number of para-hydroxylation sites is 1. The molecule has 1 amide bonds. The van der Waals surface area contributed by atoms with Crippen molar-refractivity contribution in [3.05, 3.63) is 105 Å². The van der Waals surface area contributed by atoms with Gasteiger partial charge in [-0.05, 0) is 48.9 Å². The molecule has 4 aromatic rings. The third-order valence-electron chi connectivity index (χ3n) is 5.81. The highest BCUT2D eigenvalue weighted by Gasteiger charge is 2.33. The SMILES string of the molecule is CCOc1ccc(N2C(=O)/C(=C/c3cn(Cc4ccc([N+](=O)[O-])cc4)c4ccccc34)SC2=S)cc1. The van der Waals surface area contributed by atoms with Crippen LogP contribution >= 0.6 is 24.0 Å².